The molecule has 0 amide bonds. The number of aromatic nitrogens is 1. The van der Waals surface area contributed by atoms with Crippen LogP contribution in [0, 0.1) is 0 Å². The molecular weight excluding hydrogens is 232 g/mol. The van der Waals surface area contributed by atoms with Crippen molar-refractivity contribution >= 4 is 18.5 Å². The second kappa shape index (κ2) is 9.58. The number of nitrogens with zero attached hydrogens (tertiary/aromatic N) is 1. The Morgan fingerprint density at radius 3 is 2.06 bits per heavy atom. The van der Waals surface area contributed by atoms with Crippen molar-refractivity contribution in [1.29, 1.82) is 0 Å². The lowest BCUT2D eigenvalue weighted by atomic mass is 10.2. The van der Waals surface area contributed by atoms with Gasteiger partial charge in [-0.25, -0.2) is 0 Å². The highest BCUT2D eigenvalue weighted by atomic mass is 35.5. The highest BCUT2D eigenvalue weighted by Gasteiger charge is 1.80. The van der Waals surface area contributed by atoms with Crippen LogP contribution in [0.4, 0.5) is 0 Å². The van der Waals surface area contributed by atoms with Gasteiger partial charge in [-0.2, -0.15) is 0 Å². The van der Waals surface area contributed by atoms with Crippen molar-refractivity contribution in [3.63, 3.8) is 0 Å². The minimum atomic E-state index is 0. The molecule has 90 valence electrons. The maximum Gasteiger partial charge on any atom is 0.0623 e. The van der Waals surface area contributed by atoms with Crippen LogP contribution in [0.3, 0.4) is 0 Å². The Morgan fingerprint density at radius 1 is 1.06 bits per heavy atom. The molecule has 17 heavy (non-hydrogen) atoms. The van der Waals surface area contributed by atoms with E-state index in [4.69, 9.17) is 5.73 Å². The van der Waals surface area contributed by atoms with Gasteiger partial charge in [-0.3, -0.25) is 4.98 Å². The first kappa shape index (κ1) is 15.4. The van der Waals surface area contributed by atoms with E-state index in [2.05, 4.69) is 11.6 Å². The number of benzene rings is 1. The van der Waals surface area contributed by atoms with E-state index < -0.39 is 0 Å². The van der Waals surface area contributed by atoms with Crippen LogP contribution >= 0.6 is 12.4 Å². The summed E-state index contributed by atoms with van der Waals surface area (Å²) in [6.45, 7) is 4.21. The number of nitrogens with two attached hydrogens (primary N) is 1. The fraction of sp³-hybridized carbons (Fsp3) is 0.0714. The van der Waals surface area contributed by atoms with Gasteiger partial charge in [0.15, 0.2) is 0 Å². The van der Waals surface area contributed by atoms with Crippen molar-refractivity contribution in [2.24, 2.45) is 5.73 Å². The van der Waals surface area contributed by atoms with Crippen LogP contribution in [0.25, 0.3) is 6.08 Å². The number of hydrogen-bond acceptors (Lipinski definition) is 2. The van der Waals surface area contributed by atoms with E-state index in [1.165, 1.54) is 5.56 Å². The molecule has 0 unspecified atom stereocenters. The first-order chi connectivity index (χ1) is 7.86. The summed E-state index contributed by atoms with van der Waals surface area (Å²) >= 11 is 0. The van der Waals surface area contributed by atoms with Crippen molar-refractivity contribution in [2.75, 3.05) is 0 Å². The Balaban J connectivity index is 0.000000284. The molecule has 1 aromatic carbocycles. The zero-order chi connectivity index (χ0) is 11.6. The van der Waals surface area contributed by atoms with Gasteiger partial charge in [0.2, 0.25) is 0 Å². The molecule has 0 radical (unpaired) electrons. The topological polar surface area (TPSA) is 38.9 Å². The van der Waals surface area contributed by atoms with Crippen LogP contribution in [0.2, 0.25) is 0 Å². The summed E-state index contributed by atoms with van der Waals surface area (Å²) in [6, 6.07) is 15.7. The number of pyridine rings is 1. The average Bonchev–Trinajstić information content (AvgIpc) is 2.41. The maximum atomic E-state index is 5.35. The summed E-state index contributed by atoms with van der Waals surface area (Å²) in [5.74, 6) is 0. The van der Waals surface area contributed by atoms with E-state index in [1.54, 1.807) is 12.3 Å². The molecule has 2 N–H and O–H groups in total. The SMILES string of the molecule is C=Cc1ccccn1.Cl.NCc1ccccc1. The van der Waals surface area contributed by atoms with Crippen LogP contribution < -0.4 is 5.73 Å². The summed E-state index contributed by atoms with van der Waals surface area (Å²) < 4.78 is 0. The average molecular weight is 249 g/mol. The zero-order valence-electron chi connectivity index (χ0n) is 9.62. The summed E-state index contributed by atoms with van der Waals surface area (Å²) in [5, 5.41) is 0. The largest absolute Gasteiger partial charge is 0.326 e. The van der Waals surface area contributed by atoms with E-state index >= 15 is 0 Å². The Bertz CT molecular complexity index is 401. The fourth-order valence-corrected chi connectivity index (χ4v) is 1.11. The van der Waals surface area contributed by atoms with Crippen LogP contribution in [-0.2, 0) is 6.54 Å². The summed E-state index contributed by atoms with van der Waals surface area (Å²) in [5.41, 5.74) is 7.46. The first-order valence-electron chi connectivity index (χ1n) is 5.14. The molecule has 3 heteroatoms. The van der Waals surface area contributed by atoms with Gasteiger partial charge in [-0.15, -0.1) is 12.4 Å². The predicted octanol–water partition coefficient (Wildman–Crippen LogP) is 3.29. The third-order valence-corrected chi connectivity index (χ3v) is 1.98. The molecule has 1 heterocycles. The van der Waals surface area contributed by atoms with E-state index in [0.717, 1.165) is 5.69 Å². The third kappa shape index (κ3) is 6.51. The molecular formula is C14H17ClN2. The normalized spacial score (nSPS) is 8.29. The van der Waals surface area contributed by atoms with Gasteiger partial charge >= 0.3 is 0 Å². The molecule has 1 aromatic heterocycles. The number of hydrogen-bond donors (Lipinski definition) is 1. The lowest BCUT2D eigenvalue weighted by Crippen LogP contribution is -1.94. The van der Waals surface area contributed by atoms with Crippen molar-refractivity contribution < 1.29 is 0 Å². The monoisotopic (exact) mass is 248 g/mol. The van der Waals surface area contributed by atoms with Crippen LogP contribution in [0.15, 0.2) is 61.3 Å². The van der Waals surface area contributed by atoms with Crippen molar-refractivity contribution in [1.82, 2.24) is 4.98 Å². The summed E-state index contributed by atoms with van der Waals surface area (Å²) in [4.78, 5) is 3.98. The van der Waals surface area contributed by atoms with Gasteiger partial charge in [-0.05, 0) is 23.8 Å². The van der Waals surface area contributed by atoms with Crippen molar-refractivity contribution in [3.8, 4) is 0 Å². The highest BCUT2D eigenvalue weighted by Crippen LogP contribution is 1.94. The van der Waals surface area contributed by atoms with Gasteiger partial charge in [0, 0.05) is 12.7 Å². The lowest BCUT2D eigenvalue weighted by molar-refractivity contribution is 1.07. The van der Waals surface area contributed by atoms with Crippen LogP contribution in [0.5, 0.6) is 0 Å². The Morgan fingerprint density at radius 2 is 1.71 bits per heavy atom. The van der Waals surface area contributed by atoms with Crippen LogP contribution in [0.1, 0.15) is 11.3 Å². The quantitative estimate of drug-likeness (QED) is 0.886. The Kier molecular flexibility index (Phi) is 8.65. The molecule has 2 nitrogen and oxygen atoms in total. The van der Waals surface area contributed by atoms with E-state index in [1.807, 2.05) is 48.5 Å². The molecule has 0 aliphatic rings. The Hall–Kier alpha value is -1.64. The molecule has 0 saturated carbocycles. The third-order valence-electron chi connectivity index (χ3n) is 1.98. The molecule has 0 saturated heterocycles. The van der Waals surface area contributed by atoms with E-state index in [0.29, 0.717) is 6.54 Å². The van der Waals surface area contributed by atoms with Gasteiger partial charge in [0.05, 0.1) is 5.69 Å². The minimum Gasteiger partial charge on any atom is -0.326 e. The molecule has 0 aliphatic carbocycles. The number of rotatable bonds is 2. The molecule has 0 aliphatic heterocycles. The second-order valence-electron chi connectivity index (χ2n) is 3.15. The fourth-order valence-electron chi connectivity index (χ4n) is 1.11. The standard InChI is InChI=1S/C7H7N.C7H9N.ClH/c1-2-7-5-3-4-6-8-7;8-6-7-4-2-1-3-5-7;/h2-6H,1H2;1-5H,6,8H2;1H. The molecule has 0 fully saturated rings. The molecule has 2 aromatic rings. The van der Waals surface area contributed by atoms with Gasteiger partial charge < -0.3 is 5.73 Å². The van der Waals surface area contributed by atoms with E-state index in [-0.39, 0.29) is 12.4 Å². The molecule has 0 atom stereocenters. The van der Waals surface area contributed by atoms with Gasteiger partial charge in [0.25, 0.3) is 0 Å². The van der Waals surface area contributed by atoms with Crippen molar-refractivity contribution in [2.45, 2.75) is 6.54 Å². The first-order valence-corrected chi connectivity index (χ1v) is 5.14. The summed E-state index contributed by atoms with van der Waals surface area (Å²) in [7, 11) is 0. The molecule has 0 spiro atoms. The van der Waals surface area contributed by atoms with Crippen LogP contribution in [-0.4, -0.2) is 4.98 Å². The zero-order valence-corrected chi connectivity index (χ0v) is 10.4. The van der Waals surface area contributed by atoms with Gasteiger partial charge in [0.1, 0.15) is 0 Å². The van der Waals surface area contributed by atoms with Crippen molar-refractivity contribution in [3.05, 3.63) is 72.6 Å². The minimum absolute atomic E-state index is 0. The van der Waals surface area contributed by atoms with Gasteiger partial charge in [-0.1, -0.05) is 43.0 Å². The van der Waals surface area contributed by atoms with E-state index in [9.17, 15) is 0 Å². The smallest absolute Gasteiger partial charge is 0.0623 e. The Labute approximate surface area is 109 Å². The molecule has 2 rings (SSSR count). The maximum absolute atomic E-state index is 5.35. The highest BCUT2D eigenvalue weighted by molar-refractivity contribution is 5.85. The molecule has 0 bridgehead atoms. The second-order valence-corrected chi connectivity index (χ2v) is 3.15. The predicted molar refractivity (Wildman–Crippen MR) is 75.9 cm³/mol. The number of halogens is 1. The summed E-state index contributed by atoms with van der Waals surface area (Å²) in [6.07, 6.45) is 3.47. The lowest BCUT2D eigenvalue weighted by Gasteiger charge is -1.90.